The molecule has 0 bridgehead atoms. The van der Waals surface area contributed by atoms with E-state index in [2.05, 4.69) is 57.7 Å². The zero-order valence-electron chi connectivity index (χ0n) is 14.0. The molecular formula is C21H20BrNO2. The van der Waals surface area contributed by atoms with E-state index in [0.717, 1.165) is 16.6 Å². The highest BCUT2D eigenvalue weighted by Gasteiger charge is 2.39. The topological polar surface area (TPSA) is 38.3 Å². The second-order valence-corrected chi connectivity index (χ2v) is 7.34. The summed E-state index contributed by atoms with van der Waals surface area (Å²) in [4.78, 5) is 12.4. The van der Waals surface area contributed by atoms with E-state index in [-0.39, 0.29) is 12.0 Å². The standard InChI is InChI=1S/C21H20BrNO2/c1-2-25-21(24)17-11-6-10-15-13-8-5-9-14(13)19(23-20(15)17)16-7-3-4-12-18(16)22/h3-8,10-14,19,23H,2,9H2,1H3/t13-,14+,19-/m1/s1. The number of nitrogens with one attached hydrogen (secondary N) is 1. The Kier molecular flexibility index (Phi) is 4.38. The van der Waals surface area contributed by atoms with E-state index in [1.165, 1.54) is 11.1 Å². The summed E-state index contributed by atoms with van der Waals surface area (Å²) in [6.45, 7) is 2.21. The minimum Gasteiger partial charge on any atom is -0.462 e. The van der Waals surface area contributed by atoms with Crippen LogP contribution in [0.2, 0.25) is 0 Å². The normalized spacial score (nSPS) is 23.5. The van der Waals surface area contributed by atoms with Crippen LogP contribution in [0.4, 0.5) is 5.69 Å². The first-order chi connectivity index (χ1) is 12.2. The van der Waals surface area contributed by atoms with Gasteiger partial charge in [-0.3, -0.25) is 0 Å². The average molecular weight is 398 g/mol. The fourth-order valence-electron chi connectivity index (χ4n) is 4.04. The summed E-state index contributed by atoms with van der Waals surface area (Å²) >= 11 is 3.69. The van der Waals surface area contributed by atoms with Crippen LogP contribution in [0.5, 0.6) is 0 Å². The van der Waals surface area contributed by atoms with Gasteiger partial charge in [0.25, 0.3) is 0 Å². The number of hydrogen-bond donors (Lipinski definition) is 1. The molecule has 0 saturated carbocycles. The highest BCUT2D eigenvalue weighted by Crippen LogP contribution is 2.51. The van der Waals surface area contributed by atoms with Crippen LogP contribution in [0.1, 0.15) is 46.8 Å². The van der Waals surface area contributed by atoms with Gasteiger partial charge in [-0.05, 0) is 42.5 Å². The van der Waals surface area contributed by atoms with Crippen molar-refractivity contribution >= 4 is 27.6 Å². The molecule has 0 amide bonds. The van der Waals surface area contributed by atoms with Crippen molar-refractivity contribution in [3.63, 3.8) is 0 Å². The van der Waals surface area contributed by atoms with Crippen LogP contribution in [0, 0.1) is 5.92 Å². The van der Waals surface area contributed by atoms with Crippen LogP contribution < -0.4 is 5.32 Å². The van der Waals surface area contributed by atoms with Crippen molar-refractivity contribution < 1.29 is 9.53 Å². The molecule has 0 saturated heterocycles. The molecule has 1 N–H and O–H groups in total. The Morgan fingerprint density at radius 3 is 2.80 bits per heavy atom. The predicted octanol–water partition coefficient (Wildman–Crippen LogP) is 5.45. The molecule has 4 heteroatoms. The van der Waals surface area contributed by atoms with Crippen molar-refractivity contribution in [1.82, 2.24) is 0 Å². The molecule has 0 aromatic heterocycles. The smallest absolute Gasteiger partial charge is 0.340 e. The van der Waals surface area contributed by atoms with E-state index in [1.54, 1.807) is 0 Å². The van der Waals surface area contributed by atoms with Gasteiger partial charge in [0.2, 0.25) is 0 Å². The molecule has 0 unspecified atom stereocenters. The third-order valence-electron chi connectivity index (χ3n) is 5.13. The summed E-state index contributed by atoms with van der Waals surface area (Å²) < 4.78 is 6.36. The first-order valence-corrected chi connectivity index (χ1v) is 9.47. The molecule has 2 aromatic rings. The Hall–Kier alpha value is -2.07. The molecule has 3 nitrogen and oxygen atoms in total. The van der Waals surface area contributed by atoms with Crippen molar-refractivity contribution in [2.24, 2.45) is 5.92 Å². The fourth-order valence-corrected chi connectivity index (χ4v) is 4.57. The van der Waals surface area contributed by atoms with Crippen LogP contribution >= 0.6 is 15.9 Å². The van der Waals surface area contributed by atoms with Crippen LogP contribution in [-0.4, -0.2) is 12.6 Å². The summed E-state index contributed by atoms with van der Waals surface area (Å²) in [5.74, 6) is 0.504. The summed E-state index contributed by atoms with van der Waals surface area (Å²) in [6.07, 6.45) is 5.57. The van der Waals surface area contributed by atoms with Gasteiger partial charge < -0.3 is 10.1 Å². The number of esters is 1. The molecule has 2 aliphatic rings. The third kappa shape index (κ3) is 2.78. The lowest BCUT2D eigenvalue weighted by molar-refractivity contribution is 0.0527. The van der Waals surface area contributed by atoms with Crippen LogP contribution in [0.15, 0.2) is 59.1 Å². The quantitative estimate of drug-likeness (QED) is 0.552. The van der Waals surface area contributed by atoms with Gasteiger partial charge in [0.05, 0.1) is 23.9 Å². The van der Waals surface area contributed by atoms with Crippen molar-refractivity contribution in [2.45, 2.75) is 25.3 Å². The second-order valence-electron chi connectivity index (χ2n) is 6.49. The van der Waals surface area contributed by atoms with Gasteiger partial charge in [-0.15, -0.1) is 0 Å². The van der Waals surface area contributed by atoms with Gasteiger partial charge in [0.1, 0.15) is 0 Å². The van der Waals surface area contributed by atoms with Crippen LogP contribution in [0.25, 0.3) is 0 Å². The second kappa shape index (κ2) is 6.68. The maximum Gasteiger partial charge on any atom is 0.340 e. The molecule has 1 aliphatic heterocycles. The van der Waals surface area contributed by atoms with Gasteiger partial charge in [0.15, 0.2) is 0 Å². The predicted molar refractivity (Wildman–Crippen MR) is 103 cm³/mol. The minimum absolute atomic E-state index is 0.152. The Morgan fingerprint density at radius 1 is 1.20 bits per heavy atom. The lowest BCUT2D eigenvalue weighted by atomic mass is 9.76. The van der Waals surface area contributed by atoms with Crippen molar-refractivity contribution in [3.8, 4) is 0 Å². The van der Waals surface area contributed by atoms with E-state index >= 15 is 0 Å². The molecule has 0 fully saturated rings. The average Bonchev–Trinajstić information content (AvgIpc) is 3.11. The number of halogens is 1. The lowest BCUT2D eigenvalue weighted by Crippen LogP contribution is -2.30. The number of hydrogen-bond acceptors (Lipinski definition) is 3. The molecule has 25 heavy (non-hydrogen) atoms. The Balaban J connectivity index is 1.82. The van der Waals surface area contributed by atoms with Gasteiger partial charge in [-0.1, -0.05) is 58.4 Å². The van der Waals surface area contributed by atoms with E-state index < -0.39 is 0 Å². The molecule has 1 aliphatic carbocycles. The molecule has 4 rings (SSSR count). The lowest BCUT2D eigenvalue weighted by Gasteiger charge is -2.38. The number of rotatable bonds is 3. The largest absolute Gasteiger partial charge is 0.462 e. The number of fused-ring (bicyclic) bond motifs is 3. The Labute approximate surface area is 156 Å². The van der Waals surface area contributed by atoms with E-state index in [0.29, 0.717) is 24.0 Å². The maximum atomic E-state index is 12.4. The zero-order valence-corrected chi connectivity index (χ0v) is 15.6. The molecule has 3 atom stereocenters. The van der Waals surface area contributed by atoms with Crippen LogP contribution in [-0.2, 0) is 4.74 Å². The third-order valence-corrected chi connectivity index (χ3v) is 5.85. The van der Waals surface area contributed by atoms with E-state index in [1.807, 2.05) is 25.1 Å². The summed E-state index contributed by atoms with van der Waals surface area (Å²) in [6, 6.07) is 14.4. The first kappa shape index (κ1) is 16.4. The van der Waals surface area contributed by atoms with Crippen molar-refractivity contribution in [3.05, 3.63) is 75.8 Å². The minimum atomic E-state index is -0.266. The number of ether oxygens (including phenoxy) is 1. The van der Waals surface area contributed by atoms with Gasteiger partial charge in [-0.25, -0.2) is 4.79 Å². The Morgan fingerprint density at radius 2 is 2.00 bits per heavy atom. The number of carbonyl (C=O) groups is 1. The van der Waals surface area contributed by atoms with Crippen LogP contribution in [0.3, 0.4) is 0 Å². The fraction of sp³-hybridized carbons (Fsp3) is 0.286. The maximum absolute atomic E-state index is 12.4. The van der Waals surface area contributed by atoms with E-state index in [4.69, 9.17) is 4.74 Å². The molecule has 0 spiro atoms. The SMILES string of the molecule is CCOC(=O)c1cccc2c1N[C@@H](c1ccccc1Br)[C@H]1CC=C[C@@H]21. The summed E-state index contributed by atoms with van der Waals surface area (Å²) in [5, 5.41) is 3.66. The van der Waals surface area contributed by atoms with E-state index in [9.17, 15) is 4.79 Å². The number of para-hydroxylation sites is 1. The summed E-state index contributed by atoms with van der Waals surface area (Å²) in [7, 11) is 0. The molecule has 0 radical (unpaired) electrons. The number of allylic oxidation sites excluding steroid dienone is 2. The van der Waals surface area contributed by atoms with Crippen molar-refractivity contribution in [2.75, 3.05) is 11.9 Å². The highest BCUT2D eigenvalue weighted by atomic mass is 79.9. The van der Waals surface area contributed by atoms with Gasteiger partial charge in [-0.2, -0.15) is 0 Å². The van der Waals surface area contributed by atoms with Gasteiger partial charge in [0, 0.05) is 10.4 Å². The highest BCUT2D eigenvalue weighted by molar-refractivity contribution is 9.10. The van der Waals surface area contributed by atoms with Crippen molar-refractivity contribution in [1.29, 1.82) is 0 Å². The first-order valence-electron chi connectivity index (χ1n) is 8.68. The van der Waals surface area contributed by atoms with Gasteiger partial charge >= 0.3 is 5.97 Å². The Bertz CT molecular complexity index is 846. The molecule has 1 heterocycles. The number of benzene rings is 2. The summed E-state index contributed by atoms with van der Waals surface area (Å²) in [5.41, 5.74) is 3.95. The monoisotopic (exact) mass is 397 g/mol. The number of anilines is 1. The zero-order chi connectivity index (χ0) is 17.4. The number of carbonyl (C=O) groups excluding carboxylic acids is 1. The molecular weight excluding hydrogens is 378 g/mol. The molecule has 2 aromatic carbocycles. The molecule has 128 valence electrons.